The van der Waals surface area contributed by atoms with E-state index in [9.17, 15) is 12.8 Å². The van der Waals surface area contributed by atoms with Crippen LogP contribution in [0.2, 0.25) is 0 Å². The third-order valence-corrected chi connectivity index (χ3v) is 4.94. The molecule has 110 valence electrons. The van der Waals surface area contributed by atoms with Crippen molar-refractivity contribution in [1.82, 2.24) is 5.01 Å². The van der Waals surface area contributed by atoms with Crippen molar-refractivity contribution in [3.63, 3.8) is 0 Å². The molecule has 1 aliphatic heterocycles. The van der Waals surface area contributed by atoms with Gasteiger partial charge in [-0.05, 0) is 38.0 Å². The van der Waals surface area contributed by atoms with E-state index >= 15 is 0 Å². The summed E-state index contributed by atoms with van der Waals surface area (Å²) in [6.45, 7) is 4.15. The van der Waals surface area contributed by atoms with Crippen LogP contribution in [0.25, 0.3) is 0 Å². The van der Waals surface area contributed by atoms with Crippen LogP contribution in [0.5, 0.6) is 0 Å². The zero-order chi connectivity index (χ0) is 14.8. The van der Waals surface area contributed by atoms with E-state index in [1.54, 1.807) is 11.1 Å². The molecule has 0 amide bonds. The van der Waals surface area contributed by atoms with Gasteiger partial charge in [-0.1, -0.05) is 12.1 Å². The van der Waals surface area contributed by atoms with E-state index < -0.39 is 9.84 Å². The average Bonchev–Trinajstić information content (AvgIpc) is 2.68. The molecule has 1 saturated heterocycles. The van der Waals surface area contributed by atoms with Crippen molar-refractivity contribution >= 4 is 15.5 Å². The largest absolute Gasteiger partial charge is 0.289 e. The second-order valence-electron chi connectivity index (χ2n) is 5.33. The lowest BCUT2D eigenvalue weighted by Gasteiger charge is -2.25. The van der Waals surface area contributed by atoms with Crippen LogP contribution in [-0.4, -0.2) is 36.7 Å². The highest BCUT2D eigenvalue weighted by atomic mass is 32.2. The lowest BCUT2D eigenvalue weighted by molar-refractivity contribution is 0.213. The molecule has 6 heteroatoms. The van der Waals surface area contributed by atoms with E-state index in [4.69, 9.17) is 0 Å². The fraction of sp³-hybridized carbons (Fsp3) is 0.500. The summed E-state index contributed by atoms with van der Waals surface area (Å²) in [4.78, 5) is 0. The maximum Gasteiger partial charge on any atom is 0.152 e. The minimum Gasteiger partial charge on any atom is -0.289 e. The summed E-state index contributed by atoms with van der Waals surface area (Å²) in [5, 5.41) is 6.19. The zero-order valence-electron chi connectivity index (χ0n) is 11.7. The summed E-state index contributed by atoms with van der Waals surface area (Å²) >= 11 is 0. The standard InChI is InChI=1S/C14H19FN2O2S/c1-11(2)16-17(14-6-7-20(18,19)10-14)9-12-4-3-5-13(15)8-12/h3-5,8,14H,6-7,9-10H2,1-2H3/t14-/m0/s1. The van der Waals surface area contributed by atoms with Crippen LogP contribution in [0, 0.1) is 5.82 Å². The van der Waals surface area contributed by atoms with Crippen molar-refractivity contribution in [2.75, 3.05) is 11.5 Å². The van der Waals surface area contributed by atoms with E-state index in [0.29, 0.717) is 13.0 Å². The van der Waals surface area contributed by atoms with Crippen molar-refractivity contribution in [3.8, 4) is 0 Å². The van der Waals surface area contributed by atoms with Crippen molar-refractivity contribution < 1.29 is 12.8 Å². The van der Waals surface area contributed by atoms with Crippen LogP contribution in [-0.2, 0) is 16.4 Å². The minimum absolute atomic E-state index is 0.124. The van der Waals surface area contributed by atoms with Crippen molar-refractivity contribution in [3.05, 3.63) is 35.6 Å². The number of hydrogen-bond donors (Lipinski definition) is 0. The molecule has 2 rings (SSSR count). The van der Waals surface area contributed by atoms with Gasteiger partial charge in [0.2, 0.25) is 0 Å². The molecule has 0 saturated carbocycles. The summed E-state index contributed by atoms with van der Waals surface area (Å²) in [6.07, 6.45) is 0.578. The molecule has 0 aliphatic carbocycles. The molecule has 1 aromatic rings. The Morgan fingerprint density at radius 1 is 1.45 bits per heavy atom. The molecule has 1 atom stereocenters. The van der Waals surface area contributed by atoms with Gasteiger partial charge in [-0.3, -0.25) is 5.01 Å². The summed E-state index contributed by atoms with van der Waals surface area (Å²) in [6, 6.07) is 6.19. The molecule has 0 radical (unpaired) electrons. The van der Waals surface area contributed by atoms with Gasteiger partial charge in [0.05, 0.1) is 24.1 Å². The number of benzene rings is 1. The second-order valence-corrected chi connectivity index (χ2v) is 7.56. The first kappa shape index (κ1) is 15.0. The Labute approximate surface area is 119 Å². The molecule has 4 nitrogen and oxygen atoms in total. The van der Waals surface area contributed by atoms with E-state index in [2.05, 4.69) is 5.10 Å². The lowest BCUT2D eigenvalue weighted by Crippen LogP contribution is -2.32. The summed E-state index contributed by atoms with van der Waals surface area (Å²) in [5.74, 6) is 0.0352. The third-order valence-electron chi connectivity index (χ3n) is 3.19. The third kappa shape index (κ3) is 4.03. The molecule has 1 heterocycles. The van der Waals surface area contributed by atoms with Gasteiger partial charge in [-0.15, -0.1) is 0 Å². The maximum absolute atomic E-state index is 13.2. The molecule has 1 aliphatic rings. The minimum atomic E-state index is -2.96. The van der Waals surface area contributed by atoms with Gasteiger partial charge in [-0.25, -0.2) is 12.8 Å². The zero-order valence-corrected chi connectivity index (χ0v) is 12.5. The Hall–Kier alpha value is -1.43. The molecule has 0 bridgehead atoms. The molecule has 0 unspecified atom stereocenters. The van der Waals surface area contributed by atoms with Gasteiger partial charge in [-0.2, -0.15) is 5.10 Å². The average molecular weight is 298 g/mol. The Morgan fingerprint density at radius 2 is 2.20 bits per heavy atom. The number of halogens is 1. The van der Waals surface area contributed by atoms with Crippen LogP contribution in [0.4, 0.5) is 4.39 Å². The number of hydrazone groups is 1. The van der Waals surface area contributed by atoms with Gasteiger partial charge in [0.1, 0.15) is 5.82 Å². The smallest absolute Gasteiger partial charge is 0.152 e. The lowest BCUT2D eigenvalue weighted by atomic mass is 10.2. The normalized spacial score (nSPS) is 20.6. The van der Waals surface area contributed by atoms with Crippen LogP contribution in [0.1, 0.15) is 25.8 Å². The summed E-state index contributed by atoms with van der Waals surface area (Å²) < 4.78 is 36.4. The van der Waals surface area contributed by atoms with Gasteiger partial charge in [0.15, 0.2) is 9.84 Å². The Kier molecular flexibility index (Phi) is 4.42. The van der Waals surface area contributed by atoms with Gasteiger partial charge in [0.25, 0.3) is 0 Å². The fourth-order valence-electron chi connectivity index (χ4n) is 2.34. The topological polar surface area (TPSA) is 49.7 Å². The van der Waals surface area contributed by atoms with E-state index in [0.717, 1.165) is 11.3 Å². The highest BCUT2D eigenvalue weighted by Crippen LogP contribution is 2.20. The van der Waals surface area contributed by atoms with Crippen molar-refractivity contribution in [2.24, 2.45) is 5.10 Å². The van der Waals surface area contributed by atoms with Gasteiger partial charge >= 0.3 is 0 Å². The molecule has 1 fully saturated rings. The quantitative estimate of drug-likeness (QED) is 0.632. The first-order valence-corrected chi connectivity index (χ1v) is 8.41. The van der Waals surface area contributed by atoms with E-state index in [-0.39, 0.29) is 23.4 Å². The summed E-state index contributed by atoms with van der Waals surface area (Å²) in [5.41, 5.74) is 1.64. The molecule has 0 N–H and O–H groups in total. The van der Waals surface area contributed by atoms with Crippen molar-refractivity contribution in [2.45, 2.75) is 32.9 Å². The molecular weight excluding hydrogens is 279 g/mol. The van der Waals surface area contributed by atoms with Crippen LogP contribution in [0.3, 0.4) is 0 Å². The number of sulfone groups is 1. The Balaban J connectivity index is 2.19. The second kappa shape index (κ2) is 5.91. The molecular formula is C14H19FN2O2S. The number of hydrogen-bond acceptors (Lipinski definition) is 4. The highest BCUT2D eigenvalue weighted by molar-refractivity contribution is 7.91. The van der Waals surface area contributed by atoms with Crippen molar-refractivity contribution in [1.29, 1.82) is 0 Å². The monoisotopic (exact) mass is 298 g/mol. The SMILES string of the molecule is CC(C)=NN(Cc1cccc(F)c1)[C@H]1CCS(=O)(=O)C1. The Morgan fingerprint density at radius 3 is 2.75 bits per heavy atom. The summed E-state index contributed by atoms with van der Waals surface area (Å²) in [7, 11) is -2.96. The highest BCUT2D eigenvalue weighted by Gasteiger charge is 2.32. The number of rotatable bonds is 4. The van der Waals surface area contributed by atoms with Crippen LogP contribution < -0.4 is 0 Å². The van der Waals surface area contributed by atoms with Crippen LogP contribution >= 0.6 is 0 Å². The predicted octanol–water partition coefficient (Wildman–Crippen LogP) is 2.21. The Bertz CT molecular complexity index is 609. The number of nitrogens with zero attached hydrogens (tertiary/aromatic N) is 2. The van der Waals surface area contributed by atoms with E-state index in [1.165, 1.54) is 12.1 Å². The van der Waals surface area contributed by atoms with Crippen LogP contribution in [0.15, 0.2) is 29.4 Å². The molecule has 20 heavy (non-hydrogen) atoms. The van der Waals surface area contributed by atoms with Gasteiger partial charge in [0, 0.05) is 5.71 Å². The molecule has 0 spiro atoms. The molecule has 0 aromatic heterocycles. The first-order chi connectivity index (χ1) is 9.35. The maximum atomic E-state index is 13.2. The van der Waals surface area contributed by atoms with Gasteiger partial charge < -0.3 is 0 Å². The van der Waals surface area contributed by atoms with E-state index in [1.807, 2.05) is 19.9 Å². The first-order valence-electron chi connectivity index (χ1n) is 6.59. The fourth-order valence-corrected chi connectivity index (χ4v) is 4.06. The predicted molar refractivity (Wildman–Crippen MR) is 77.8 cm³/mol. The molecule has 1 aromatic carbocycles.